The number of nitrogens with one attached hydrogen (secondary N) is 1. The van der Waals surface area contributed by atoms with Crippen LogP contribution in [0.25, 0.3) is 0 Å². The van der Waals surface area contributed by atoms with Gasteiger partial charge in [-0.1, -0.05) is 41.4 Å². The van der Waals surface area contributed by atoms with Gasteiger partial charge in [-0.25, -0.2) is 0 Å². The van der Waals surface area contributed by atoms with E-state index in [0.29, 0.717) is 17.1 Å². The fraction of sp³-hybridized carbons (Fsp3) is 0.500. The first-order valence-corrected chi connectivity index (χ1v) is 7.37. The van der Waals surface area contributed by atoms with Crippen molar-refractivity contribution in [3.05, 3.63) is 33.3 Å². The molecule has 0 atom stereocenters. The van der Waals surface area contributed by atoms with Crippen molar-refractivity contribution in [2.45, 2.75) is 26.7 Å². The molecule has 0 aromatic heterocycles. The highest BCUT2D eigenvalue weighted by Gasteiger charge is 2.16. The number of benzene rings is 1. The van der Waals surface area contributed by atoms with Crippen molar-refractivity contribution in [2.24, 2.45) is 5.41 Å². The van der Waals surface area contributed by atoms with E-state index in [4.69, 9.17) is 16.7 Å². The molecule has 0 bridgehead atoms. The monoisotopic (exact) mass is 347 g/mol. The molecule has 1 aromatic carbocycles. The molecular formula is C14H19BrClNO2. The summed E-state index contributed by atoms with van der Waals surface area (Å²) in [6, 6.07) is 5.18. The molecule has 0 radical (unpaired) electrons. The second-order valence-electron chi connectivity index (χ2n) is 5.31. The Bertz CT molecular complexity index is 449. The molecule has 5 heteroatoms. The summed E-state index contributed by atoms with van der Waals surface area (Å²) in [5.41, 5.74) is 0.381. The minimum atomic E-state index is -0.167. The highest BCUT2D eigenvalue weighted by molar-refractivity contribution is 9.10. The molecule has 3 nitrogen and oxygen atoms in total. The fourth-order valence-electron chi connectivity index (χ4n) is 1.62. The lowest BCUT2D eigenvalue weighted by Gasteiger charge is -2.21. The van der Waals surface area contributed by atoms with E-state index < -0.39 is 0 Å². The van der Waals surface area contributed by atoms with Crippen LogP contribution in [-0.4, -0.2) is 24.2 Å². The Morgan fingerprint density at radius 1 is 1.47 bits per heavy atom. The normalized spacial score (nSPS) is 11.4. The third-order valence-corrected chi connectivity index (χ3v) is 3.73. The Hall–Kier alpha value is -0.580. The molecule has 0 fully saturated rings. The molecule has 2 N–H and O–H groups in total. The largest absolute Gasteiger partial charge is 0.396 e. The fourth-order valence-corrected chi connectivity index (χ4v) is 2.38. The van der Waals surface area contributed by atoms with E-state index in [1.165, 1.54) is 0 Å². The molecule has 0 aliphatic rings. The van der Waals surface area contributed by atoms with Crippen LogP contribution in [0.3, 0.4) is 0 Å². The molecule has 0 heterocycles. The minimum Gasteiger partial charge on any atom is -0.396 e. The molecule has 106 valence electrons. The number of hydrogen-bond donors (Lipinski definition) is 2. The van der Waals surface area contributed by atoms with Crippen LogP contribution < -0.4 is 5.32 Å². The van der Waals surface area contributed by atoms with E-state index in [1.54, 1.807) is 18.2 Å². The maximum Gasteiger partial charge on any atom is 0.252 e. The van der Waals surface area contributed by atoms with Gasteiger partial charge in [0, 0.05) is 17.6 Å². The van der Waals surface area contributed by atoms with Crippen LogP contribution in [0, 0.1) is 5.41 Å². The van der Waals surface area contributed by atoms with Crippen molar-refractivity contribution in [3.8, 4) is 0 Å². The van der Waals surface area contributed by atoms with Crippen LogP contribution in [0.2, 0.25) is 5.02 Å². The van der Waals surface area contributed by atoms with Crippen molar-refractivity contribution < 1.29 is 9.90 Å². The topological polar surface area (TPSA) is 49.3 Å². The van der Waals surface area contributed by atoms with E-state index in [1.807, 2.05) is 13.8 Å². The number of carbonyl (C=O) groups is 1. The first-order valence-electron chi connectivity index (χ1n) is 6.20. The summed E-state index contributed by atoms with van der Waals surface area (Å²) < 4.78 is 0.846. The quantitative estimate of drug-likeness (QED) is 0.771. The number of halogens is 2. The predicted molar refractivity (Wildman–Crippen MR) is 81.6 cm³/mol. The van der Waals surface area contributed by atoms with Gasteiger partial charge in [0.05, 0.1) is 10.6 Å². The van der Waals surface area contributed by atoms with Crippen molar-refractivity contribution in [3.63, 3.8) is 0 Å². The van der Waals surface area contributed by atoms with Gasteiger partial charge in [0.2, 0.25) is 0 Å². The summed E-state index contributed by atoms with van der Waals surface area (Å²) >= 11 is 9.31. The molecule has 0 aliphatic heterocycles. The number of carbonyl (C=O) groups excluding carboxylic acids is 1. The highest BCUT2D eigenvalue weighted by atomic mass is 79.9. The van der Waals surface area contributed by atoms with E-state index >= 15 is 0 Å². The van der Waals surface area contributed by atoms with E-state index in [2.05, 4.69) is 21.2 Å². The average Bonchev–Trinajstić information content (AvgIpc) is 2.34. The third kappa shape index (κ3) is 5.51. The van der Waals surface area contributed by atoms with Crippen molar-refractivity contribution >= 4 is 33.4 Å². The van der Waals surface area contributed by atoms with Gasteiger partial charge in [-0.2, -0.15) is 0 Å². The molecule has 1 rings (SSSR count). The lowest BCUT2D eigenvalue weighted by atomic mass is 9.89. The van der Waals surface area contributed by atoms with Crippen LogP contribution in [0.4, 0.5) is 0 Å². The zero-order chi connectivity index (χ0) is 14.5. The van der Waals surface area contributed by atoms with Gasteiger partial charge < -0.3 is 10.4 Å². The van der Waals surface area contributed by atoms with Crippen molar-refractivity contribution in [2.75, 3.05) is 13.2 Å². The van der Waals surface area contributed by atoms with E-state index in [9.17, 15) is 4.79 Å². The molecule has 1 aromatic rings. The van der Waals surface area contributed by atoms with Gasteiger partial charge in [0.15, 0.2) is 0 Å². The maximum absolute atomic E-state index is 11.9. The molecule has 0 unspecified atom stereocenters. The lowest BCUT2D eigenvalue weighted by Crippen LogP contribution is -2.26. The SMILES string of the molecule is CC(C)(CO)CCCNC(=O)c1ccc(Br)cc1Cl. The minimum absolute atomic E-state index is 0.0972. The number of aliphatic hydroxyl groups is 1. The summed E-state index contributed by atoms with van der Waals surface area (Å²) in [6.07, 6.45) is 1.69. The van der Waals surface area contributed by atoms with Crippen LogP contribution in [-0.2, 0) is 0 Å². The van der Waals surface area contributed by atoms with Gasteiger partial charge in [0.1, 0.15) is 0 Å². The number of amides is 1. The Labute approximate surface area is 127 Å². The zero-order valence-electron chi connectivity index (χ0n) is 11.2. The molecular weight excluding hydrogens is 330 g/mol. The number of rotatable bonds is 6. The van der Waals surface area contributed by atoms with Gasteiger partial charge in [-0.3, -0.25) is 4.79 Å². The van der Waals surface area contributed by atoms with Gasteiger partial charge in [-0.05, 0) is 36.5 Å². The second kappa shape index (κ2) is 7.27. The molecule has 0 saturated carbocycles. The molecule has 0 aliphatic carbocycles. The summed E-state index contributed by atoms with van der Waals surface area (Å²) in [6.45, 7) is 4.73. The summed E-state index contributed by atoms with van der Waals surface area (Å²) in [4.78, 5) is 11.9. The number of hydrogen-bond acceptors (Lipinski definition) is 2. The Morgan fingerprint density at radius 2 is 2.16 bits per heavy atom. The lowest BCUT2D eigenvalue weighted by molar-refractivity contribution is 0.0948. The van der Waals surface area contributed by atoms with Crippen molar-refractivity contribution in [1.82, 2.24) is 5.32 Å². The van der Waals surface area contributed by atoms with Crippen LogP contribution in [0.5, 0.6) is 0 Å². The van der Waals surface area contributed by atoms with Crippen LogP contribution in [0.15, 0.2) is 22.7 Å². The Kier molecular flexibility index (Phi) is 6.30. The molecule has 19 heavy (non-hydrogen) atoms. The van der Waals surface area contributed by atoms with Crippen molar-refractivity contribution in [1.29, 1.82) is 0 Å². The van der Waals surface area contributed by atoms with Crippen LogP contribution >= 0.6 is 27.5 Å². The first-order chi connectivity index (χ1) is 8.85. The first kappa shape index (κ1) is 16.5. The highest BCUT2D eigenvalue weighted by Crippen LogP contribution is 2.22. The van der Waals surface area contributed by atoms with Gasteiger partial charge in [-0.15, -0.1) is 0 Å². The zero-order valence-corrected chi connectivity index (χ0v) is 13.5. The predicted octanol–water partition coefficient (Wildman–Crippen LogP) is 3.63. The average molecular weight is 349 g/mol. The Morgan fingerprint density at radius 3 is 2.74 bits per heavy atom. The third-order valence-electron chi connectivity index (χ3n) is 2.92. The molecule has 1 amide bonds. The number of aliphatic hydroxyl groups excluding tert-OH is 1. The summed E-state index contributed by atoms with van der Waals surface area (Å²) in [5, 5.41) is 12.4. The van der Waals surface area contributed by atoms with Gasteiger partial charge >= 0.3 is 0 Å². The second-order valence-corrected chi connectivity index (χ2v) is 6.63. The van der Waals surface area contributed by atoms with Crippen LogP contribution in [0.1, 0.15) is 37.0 Å². The standard InChI is InChI=1S/C14H19BrClNO2/c1-14(2,9-18)6-3-7-17-13(19)11-5-4-10(15)8-12(11)16/h4-5,8,18H,3,6-7,9H2,1-2H3,(H,17,19). The summed E-state index contributed by atoms with van der Waals surface area (Å²) in [5.74, 6) is -0.167. The molecule has 0 spiro atoms. The van der Waals surface area contributed by atoms with Gasteiger partial charge in [0.25, 0.3) is 5.91 Å². The maximum atomic E-state index is 11.9. The van der Waals surface area contributed by atoms with E-state index in [0.717, 1.165) is 17.3 Å². The molecule has 0 saturated heterocycles. The van der Waals surface area contributed by atoms with E-state index in [-0.39, 0.29) is 17.9 Å². The smallest absolute Gasteiger partial charge is 0.252 e. The Balaban J connectivity index is 2.44. The summed E-state index contributed by atoms with van der Waals surface area (Å²) in [7, 11) is 0.